The van der Waals surface area contributed by atoms with Crippen LogP contribution in [0.2, 0.25) is 0 Å². The molecule has 0 N–H and O–H groups in total. The number of hydrogen-bond donors (Lipinski definition) is 0. The standard InChI is InChI=1S/C55H97F2N2O11P/c1-5-8-11-14-17-20-22-23-24-25-27-29-32-35-38-48(60)43-49-50(70-53(55(49,56)57)59-42-41-47(4)58-54(59)63)44-67-71(64,68-45-65-51(61)39-36-33-30-26-19-16-13-10-7-3)69-46-66-52(62)40-37-34-31-28-21-18-15-12-9-6-2/h41-42,49-50,53H,5-40,43-46H2,1-4H3/t49-,50-,53-,71?/m1/s1. The van der Waals surface area contributed by atoms with Gasteiger partial charge in [-0.1, -0.05) is 213 Å². The average Bonchev–Trinajstić information content (AvgIpc) is 3.58. The molecule has 0 amide bonds. The van der Waals surface area contributed by atoms with Crippen LogP contribution >= 0.6 is 7.82 Å². The lowest BCUT2D eigenvalue weighted by Gasteiger charge is -2.24. The zero-order chi connectivity index (χ0) is 51.8. The van der Waals surface area contributed by atoms with Crippen LogP contribution in [-0.4, -0.2) is 59.5 Å². The second-order valence-electron chi connectivity index (χ2n) is 19.9. The van der Waals surface area contributed by atoms with Crippen molar-refractivity contribution in [2.75, 3.05) is 20.2 Å². The minimum absolute atomic E-state index is 0.0918. The molecule has 4 atom stereocenters. The van der Waals surface area contributed by atoms with Crippen molar-refractivity contribution < 1.29 is 55.5 Å². The van der Waals surface area contributed by atoms with Crippen molar-refractivity contribution in [3.63, 3.8) is 0 Å². The van der Waals surface area contributed by atoms with E-state index in [2.05, 4.69) is 25.8 Å². The number of nitrogens with zero attached hydrogens (tertiary/aromatic N) is 2. The SMILES string of the molecule is CCCCCCCCCCCCCCCCC(=O)C[C@@H]1[C@@H](COP(=O)(OCOC(=O)CCCCCCCCCCC)OCOC(=O)CCCCCCCCCCCC)O[C@@H](n2ccc(C)nc2=O)C1(F)F. The number of esters is 2. The van der Waals surface area contributed by atoms with E-state index >= 15 is 8.78 Å². The van der Waals surface area contributed by atoms with Gasteiger partial charge in [0.05, 0.1) is 18.6 Å². The van der Waals surface area contributed by atoms with Crippen molar-refractivity contribution in [2.24, 2.45) is 5.92 Å². The van der Waals surface area contributed by atoms with E-state index in [9.17, 15) is 23.7 Å². The van der Waals surface area contributed by atoms with Crippen LogP contribution in [0.4, 0.5) is 8.78 Å². The van der Waals surface area contributed by atoms with Crippen LogP contribution < -0.4 is 5.69 Å². The zero-order valence-corrected chi connectivity index (χ0v) is 45.7. The molecule has 2 heterocycles. The van der Waals surface area contributed by atoms with Crippen LogP contribution in [0, 0.1) is 12.8 Å². The Labute approximate surface area is 427 Å². The number of ether oxygens (including phenoxy) is 3. The summed E-state index contributed by atoms with van der Waals surface area (Å²) >= 11 is 0. The van der Waals surface area contributed by atoms with Crippen LogP contribution in [0.15, 0.2) is 17.1 Å². The molecule has 1 aliphatic heterocycles. The number of carbonyl (C=O) groups excluding carboxylic acids is 3. The lowest BCUT2D eigenvalue weighted by molar-refractivity contribution is -0.154. The van der Waals surface area contributed by atoms with Crippen molar-refractivity contribution in [3.8, 4) is 0 Å². The molecule has 1 aliphatic rings. The Morgan fingerprint density at radius 1 is 0.592 bits per heavy atom. The average molecular weight is 1030 g/mol. The number of alkyl halides is 2. The lowest BCUT2D eigenvalue weighted by atomic mass is 9.90. The number of aromatic nitrogens is 2. The van der Waals surface area contributed by atoms with Crippen LogP contribution in [0.1, 0.15) is 270 Å². The highest BCUT2D eigenvalue weighted by molar-refractivity contribution is 7.48. The molecule has 0 bridgehead atoms. The van der Waals surface area contributed by atoms with Gasteiger partial charge in [0.1, 0.15) is 5.78 Å². The molecule has 1 fully saturated rings. The van der Waals surface area contributed by atoms with Crippen molar-refractivity contribution in [1.29, 1.82) is 0 Å². The van der Waals surface area contributed by atoms with E-state index in [1.54, 1.807) is 6.92 Å². The normalized spacial score (nSPS) is 17.4. The molecule has 0 aliphatic carbocycles. The number of halogens is 2. The van der Waals surface area contributed by atoms with Gasteiger partial charge < -0.3 is 14.2 Å². The third-order valence-corrected chi connectivity index (χ3v) is 14.8. The van der Waals surface area contributed by atoms with Gasteiger partial charge in [0.15, 0.2) is 0 Å². The van der Waals surface area contributed by atoms with Gasteiger partial charge in [-0.2, -0.15) is 4.98 Å². The Hall–Kier alpha value is -2.58. The summed E-state index contributed by atoms with van der Waals surface area (Å²) in [5, 5.41) is 0. The zero-order valence-electron chi connectivity index (χ0n) is 44.8. The second-order valence-corrected chi connectivity index (χ2v) is 21.6. The summed E-state index contributed by atoms with van der Waals surface area (Å²) in [5.41, 5.74) is -0.648. The van der Waals surface area contributed by atoms with E-state index in [0.29, 0.717) is 29.5 Å². The van der Waals surface area contributed by atoms with E-state index < -0.39 is 82.0 Å². The highest BCUT2D eigenvalue weighted by Crippen LogP contribution is 2.53. The minimum atomic E-state index is -4.79. The van der Waals surface area contributed by atoms with Gasteiger partial charge >= 0.3 is 25.5 Å². The molecule has 0 spiro atoms. The Morgan fingerprint density at radius 3 is 1.34 bits per heavy atom. The van der Waals surface area contributed by atoms with Gasteiger partial charge in [-0.05, 0) is 32.3 Å². The Balaban J connectivity index is 2.02. The molecule has 16 heteroatoms. The van der Waals surface area contributed by atoms with Crippen LogP contribution in [0.5, 0.6) is 0 Å². The molecule has 1 aromatic heterocycles. The molecule has 2 rings (SSSR count). The van der Waals surface area contributed by atoms with Gasteiger partial charge in [-0.15, -0.1) is 0 Å². The van der Waals surface area contributed by atoms with Crippen molar-refractivity contribution in [1.82, 2.24) is 9.55 Å². The molecule has 0 radical (unpaired) electrons. The lowest BCUT2D eigenvalue weighted by Crippen LogP contribution is -2.39. The van der Waals surface area contributed by atoms with Crippen molar-refractivity contribution in [3.05, 3.63) is 28.4 Å². The molecular formula is C55H97F2N2O11P. The maximum atomic E-state index is 16.5. The molecule has 412 valence electrons. The maximum Gasteiger partial charge on any atom is 0.480 e. The first-order chi connectivity index (χ1) is 34.4. The molecule has 71 heavy (non-hydrogen) atoms. The first kappa shape index (κ1) is 64.5. The van der Waals surface area contributed by atoms with Crippen LogP contribution in [0.25, 0.3) is 0 Å². The number of phosphoric ester groups is 1. The summed E-state index contributed by atoms with van der Waals surface area (Å²) in [7, 11) is -4.79. The first-order valence-corrected chi connectivity index (χ1v) is 29.8. The van der Waals surface area contributed by atoms with Crippen LogP contribution in [0.3, 0.4) is 0 Å². The van der Waals surface area contributed by atoms with E-state index in [4.69, 9.17) is 27.8 Å². The van der Waals surface area contributed by atoms with Gasteiger partial charge in [0.25, 0.3) is 5.92 Å². The van der Waals surface area contributed by atoms with Gasteiger partial charge in [-0.3, -0.25) is 23.5 Å². The van der Waals surface area contributed by atoms with Crippen molar-refractivity contribution >= 4 is 25.5 Å². The minimum Gasteiger partial charge on any atom is -0.438 e. The van der Waals surface area contributed by atoms with Gasteiger partial charge in [-0.25, -0.2) is 27.2 Å². The largest absolute Gasteiger partial charge is 0.480 e. The number of unbranched alkanes of at least 4 members (excludes halogenated alkanes) is 30. The molecule has 1 unspecified atom stereocenters. The Morgan fingerprint density at radius 2 is 0.958 bits per heavy atom. The molecule has 0 saturated carbocycles. The summed E-state index contributed by atoms with van der Waals surface area (Å²) in [4.78, 5) is 55.2. The Kier molecular flexibility index (Phi) is 37.1. The molecule has 0 aromatic carbocycles. The molecular weight excluding hydrogens is 934 g/mol. The van der Waals surface area contributed by atoms with E-state index in [0.717, 1.165) is 83.2 Å². The maximum absolute atomic E-state index is 16.5. The summed E-state index contributed by atoms with van der Waals surface area (Å²) in [6.07, 6.45) is 33.6. The van der Waals surface area contributed by atoms with Crippen LogP contribution in [-0.2, 0) is 46.7 Å². The first-order valence-electron chi connectivity index (χ1n) is 28.3. The predicted octanol–water partition coefficient (Wildman–Crippen LogP) is 15.9. The monoisotopic (exact) mass is 1030 g/mol. The number of rotatable bonds is 48. The summed E-state index contributed by atoms with van der Waals surface area (Å²) < 4.78 is 80.2. The fourth-order valence-corrected chi connectivity index (χ4v) is 9.98. The smallest absolute Gasteiger partial charge is 0.438 e. The predicted molar refractivity (Wildman–Crippen MR) is 276 cm³/mol. The van der Waals surface area contributed by atoms with E-state index in [1.807, 2.05) is 0 Å². The fourth-order valence-electron chi connectivity index (χ4n) is 9.07. The number of carbonyl (C=O) groups is 3. The number of phosphoric acid groups is 1. The van der Waals surface area contributed by atoms with Gasteiger partial charge in [0.2, 0.25) is 19.8 Å². The summed E-state index contributed by atoms with van der Waals surface area (Å²) in [6.45, 7) is 5.63. The number of ketones is 1. The Bertz CT molecular complexity index is 1650. The number of aryl methyl sites for hydroxylation is 1. The third kappa shape index (κ3) is 30.4. The number of hydrogen-bond acceptors (Lipinski definition) is 12. The summed E-state index contributed by atoms with van der Waals surface area (Å²) in [6, 6.07) is 1.39. The molecule has 1 saturated heterocycles. The summed E-state index contributed by atoms with van der Waals surface area (Å²) in [5.74, 6) is -7.15. The second kappa shape index (κ2) is 40.8. The van der Waals surface area contributed by atoms with E-state index in [-0.39, 0.29) is 19.3 Å². The number of Topliss-reactive ketones (excluding diaryl/α,β-unsaturated/α-hetero) is 1. The molecule has 1 aromatic rings. The van der Waals surface area contributed by atoms with Crippen molar-refractivity contribution in [2.45, 2.75) is 284 Å². The fraction of sp³-hybridized carbons (Fsp3) is 0.873. The van der Waals surface area contributed by atoms with Gasteiger partial charge in [0, 0.05) is 37.6 Å². The quantitative estimate of drug-likeness (QED) is 0.0264. The highest BCUT2D eigenvalue weighted by atomic mass is 31.2. The third-order valence-electron chi connectivity index (χ3n) is 13.5. The highest BCUT2D eigenvalue weighted by Gasteiger charge is 2.60. The van der Waals surface area contributed by atoms with E-state index in [1.165, 1.54) is 122 Å². The molecule has 13 nitrogen and oxygen atoms in total. The topological polar surface area (TPSA) is 159 Å².